The molecule has 0 unspecified atom stereocenters. The van der Waals surface area contributed by atoms with E-state index in [-0.39, 0.29) is 0 Å². The van der Waals surface area contributed by atoms with Gasteiger partial charge in [0.15, 0.2) is 5.58 Å². The van der Waals surface area contributed by atoms with Gasteiger partial charge < -0.3 is 13.7 Å². The van der Waals surface area contributed by atoms with E-state index in [1.165, 1.54) is 35.6 Å². The first-order valence-corrected chi connectivity index (χ1v) is 17.8. The minimum absolute atomic E-state index is 0.641. The summed E-state index contributed by atoms with van der Waals surface area (Å²) in [6.07, 6.45) is 0. The summed E-state index contributed by atoms with van der Waals surface area (Å²) in [6.45, 7) is 0. The van der Waals surface area contributed by atoms with Crippen molar-refractivity contribution in [1.29, 1.82) is 0 Å². The van der Waals surface area contributed by atoms with Gasteiger partial charge in [0, 0.05) is 75.5 Å². The predicted octanol–water partition coefficient (Wildman–Crippen LogP) is 13.6. The van der Waals surface area contributed by atoms with Gasteiger partial charge in [0.1, 0.15) is 16.7 Å². The van der Waals surface area contributed by atoms with Crippen molar-refractivity contribution in [1.82, 2.24) is 4.98 Å². The highest BCUT2D eigenvalue weighted by atomic mass is 32.1. The number of anilines is 3. The normalized spacial score (nSPS) is 12.1. The molecule has 0 aliphatic rings. The van der Waals surface area contributed by atoms with Gasteiger partial charge in [-0.1, -0.05) is 66.7 Å². The van der Waals surface area contributed by atoms with Crippen molar-refractivity contribution in [2.45, 2.75) is 0 Å². The second-order valence-corrected chi connectivity index (χ2v) is 14.5. The second kappa shape index (κ2) is 10.3. The zero-order valence-corrected chi connectivity index (χ0v) is 27.5. The Morgan fingerprint density at radius 3 is 2.12 bits per heavy atom. The number of benzene rings is 7. The van der Waals surface area contributed by atoms with Gasteiger partial charge in [-0.05, 0) is 66.7 Å². The third kappa shape index (κ3) is 4.11. The Kier molecular flexibility index (Phi) is 5.67. The lowest BCUT2D eigenvalue weighted by Crippen LogP contribution is -2.09. The number of furan rings is 1. The molecule has 0 spiro atoms. The summed E-state index contributed by atoms with van der Waals surface area (Å²) in [6, 6.07) is 51.4. The zero-order valence-electron chi connectivity index (χ0n) is 25.9. The van der Waals surface area contributed by atoms with Gasteiger partial charge >= 0.3 is 0 Å². The van der Waals surface area contributed by atoms with Crippen LogP contribution in [0.5, 0.6) is 0 Å². The van der Waals surface area contributed by atoms with Crippen LogP contribution in [0.15, 0.2) is 154 Å². The maximum Gasteiger partial charge on any atom is 0.227 e. The molecule has 7 aromatic carbocycles. The van der Waals surface area contributed by atoms with Crippen molar-refractivity contribution in [3.63, 3.8) is 0 Å². The van der Waals surface area contributed by atoms with Crippen LogP contribution in [-0.4, -0.2) is 4.98 Å². The van der Waals surface area contributed by atoms with Crippen LogP contribution >= 0.6 is 22.7 Å². The van der Waals surface area contributed by atoms with E-state index in [2.05, 4.69) is 108 Å². The van der Waals surface area contributed by atoms with Gasteiger partial charge in [0.2, 0.25) is 5.89 Å². The molecule has 230 valence electrons. The predicted molar refractivity (Wildman–Crippen MR) is 207 cm³/mol. The number of hydrogen-bond acceptors (Lipinski definition) is 6. The molecular weight excluding hydrogens is 641 g/mol. The summed E-state index contributed by atoms with van der Waals surface area (Å²) < 4.78 is 17.6. The lowest BCUT2D eigenvalue weighted by molar-refractivity contribution is 0.620. The molecule has 0 N–H and O–H groups in total. The van der Waals surface area contributed by atoms with Gasteiger partial charge in [0.25, 0.3) is 0 Å². The summed E-state index contributed by atoms with van der Waals surface area (Å²) in [5.74, 6) is 0.641. The van der Waals surface area contributed by atoms with Crippen LogP contribution in [0.4, 0.5) is 17.1 Å². The Morgan fingerprint density at radius 1 is 0.449 bits per heavy atom. The third-order valence-corrected chi connectivity index (χ3v) is 11.8. The molecule has 6 heteroatoms. The largest absolute Gasteiger partial charge is 0.456 e. The van der Waals surface area contributed by atoms with Gasteiger partial charge in [-0.3, -0.25) is 0 Å². The van der Waals surface area contributed by atoms with Crippen LogP contribution in [-0.2, 0) is 0 Å². The van der Waals surface area contributed by atoms with Crippen molar-refractivity contribution in [3.05, 3.63) is 146 Å². The number of rotatable bonds is 4. The number of aromatic nitrogens is 1. The highest BCUT2D eigenvalue weighted by Gasteiger charge is 2.21. The van der Waals surface area contributed by atoms with E-state index in [1.54, 1.807) is 11.3 Å². The molecule has 0 aliphatic carbocycles. The number of thiophene rings is 2. The minimum atomic E-state index is 0.641. The molecular formula is C43H24N2O2S2. The van der Waals surface area contributed by atoms with E-state index >= 15 is 0 Å². The fourth-order valence-corrected chi connectivity index (χ4v) is 9.52. The maximum absolute atomic E-state index is 6.40. The maximum atomic E-state index is 6.40. The summed E-state index contributed by atoms with van der Waals surface area (Å²) >= 11 is 3.63. The smallest absolute Gasteiger partial charge is 0.227 e. The Labute approximate surface area is 287 Å². The SMILES string of the molecule is c1ccc(-c2nc3cc4c(cc3o2)sc2c(N(c3ccc5c(c3)oc3ccccc35)c3ccc5sc6ccccc6c5c3)cccc24)cc1. The molecule has 0 saturated carbocycles. The highest BCUT2D eigenvalue weighted by molar-refractivity contribution is 7.26. The van der Waals surface area contributed by atoms with Gasteiger partial charge in [0.05, 0.1) is 10.4 Å². The van der Waals surface area contributed by atoms with Gasteiger partial charge in [-0.15, -0.1) is 22.7 Å². The topological polar surface area (TPSA) is 42.4 Å². The number of oxazole rings is 1. The van der Waals surface area contributed by atoms with Crippen molar-refractivity contribution < 1.29 is 8.83 Å². The Balaban J connectivity index is 1.15. The van der Waals surface area contributed by atoms with Gasteiger partial charge in [-0.2, -0.15) is 0 Å². The number of para-hydroxylation sites is 1. The summed E-state index contributed by atoms with van der Waals surface area (Å²) in [4.78, 5) is 7.27. The average Bonchev–Trinajstić information content (AvgIpc) is 3.92. The fourth-order valence-electron chi connectivity index (χ4n) is 7.22. The molecule has 11 aromatic rings. The van der Waals surface area contributed by atoms with E-state index in [0.717, 1.165) is 60.4 Å². The van der Waals surface area contributed by atoms with Crippen LogP contribution in [0.3, 0.4) is 0 Å². The van der Waals surface area contributed by atoms with E-state index in [9.17, 15) is 0 Å². The van der Waals surface area contributed by atoms with E-state index < -0.39 is 0 Å². The molecule has 4 heterocycles. The first-order chi connectivity index (χ1) is 24.2. The third-order valence-electron chi connectivity index (χ3n) is 9.49. The van der Waals surface area contributed by atoms with Crippen LogP contribution in [0.25, 0.3) is 84.8 Å². The summed E-state index contributed by atoms with van der Waals surface area (Å²) in [7, 11) is 0. The highest BCUT2D eigenvalue weighted by Crippen LogP contribution is 2.48. The molecule has 0 bridgehead atoms. The first-order valence-electron chi connectivity index (χ1n) is 16.2. The number of hydrogen-bond donors (Lipinski definition) is 0. The molecule has 0 fully saturated rings. The van der Waals surface area contributed by atoms with Crippen molar-refractivity contribution in [3.8, 4) is 11.5 Å². The number of fused-ring (bicyclic) bond motifs is 10. The van der Waals surface area contributed by atoms with Crippen LogP contribution in [0, 0.1) is 0 Å². The molecule has 4 nitrogen and oxygen atoms in total. The lowest BCUT2D eigenvalue weighted by Gasteiger charge is -2.26. The monoisotopic (exact) mass is 664 g/mol. The molecule has 49 heavy (non-hydrogen) atoms. The molecule has 0 aliphatic heterocycles. The van der Waals surface area contributed by atoms with E-state index in [4.69, 9.17) is 13.8 Å². The zero-order chi connectivity index (χ0) is 32.1. The van der Waals surface area contributed by atoms with Crippen LogP contribution < -0.4 is 4.90 Å². The van der Waals surface area contributed by atoms with Crippen LogP contribution in [0.2, 0.25) is 0 Å². The molecule has 0 radical (unpaired) electrons. The summed E-state index contributed by atoms with van der Waals surface area (Å²) in [5, 5.41) is 7.15. The Bertz CT molecular complexity index is 3080. The Morgan fingerprint density at radius 2 is 1.18 bits per heavy atom. The quantitative estimate of drug-likeness (QED) is 0.188. The van der Waals surface area contributed by atoms with Crippen LogP contribution in [0.1, 0.15) is 0 Å². The molecule has 11 rings (SSSR count). The van der Waals surface area contributed by atoms with Crippen molar-refractivity contribution in [2.24, 2.45) is 0 Å². The fraction of sp³-hybridized carbons (Fsp3) is 0. The Hall–Kier alpha value is -5.95. The van der Waals surface area contributed by atoms with E-state index in [0.29, 0.717) is 5.89 Å². The number of nitrogens with zero attached hydrogens (tertiary/aromatic N) is 2. The second-order valence-electron chi connectivity index (χ2n) is 12.3. The van der Waals surface area contributed by atoms with Crippen molar-refractivity contribution in [2.75, 3.05) is 4.90 Å². The molecule has 4 aromatic heterocycles. The molecule has 0 saturated heterocycles. The lowest BCUT2D eigenvalue weighted by atomic mass is 10.1. The van der Waals surface area contributed by atoms with Gasteiger partial charge in [-0.25, -0.2) is 4.98 Å². The molecule has 0 amide bonds. The van der Waals surface area contributed by atoms with E-state index in [1.807, 2.05) is 53.8 Å². The standard InChI is InChI=1S/C43H24N2O2S2/c1-2-9-25(10-3-1)43-44-34-23-33-31-13-8-14-35(42(31)49-41(33)24-38(34)47-43)45(26-18-20-40-32(21-26)30-12-5-7-16-39(30)48-40)27-17-19-29-28-11-4-6-15-36(28)46-37(29)22-27/h1-24H. The average molecular weight is 665 g/mol. The first kappa shape index (κ1) is 27.0. The van der Waals surface area contributed by atoms with Crippen molar-refractivity contribution >= 4 is 113 Å². The summed E-state index contributed by atoms with van der Waals surface area (Å²) in [5.41, 5.74) is 7.64. The molecule has 0 atom stereocenters. The minimum Gasteiger partial charge on any atom is -0.456 e.